The van der Waals surface area contributed by atoms with Crippen molar-refractivity contribution in [1.29, 1.82) is 0 Å². The van der Waals surface area contributed by atoms with E-state index < -0.39 is 16.8 Å². The van der Waals surface area contributed by atoms with Gasteiger partial charge in [0.1, 0.15) is 13.2 Å². The van der Waals surface area contributed by atoms with Crippen LogP contribution >= 0.6 is 0 Å². The van der Waals surface area contributed by atoms with Crippen molar-refractivity contribution >= 4 is 11.7 Å². The van der Waals surface area contributed by atoms with E-state index in [-0.39, 0.29) is 12.1 Å². The molecule has 3 rings (SSSR count). The maximum atomic E-state index is 11.6. The Bertz CT molecular complexity index is 771. The number of carboxylic acids is 1. The molecule has 0 aromatic heterocycles. The first-order chi connectivity index (χ1) is 11.5. The van der Waals surface area contributed by atoms with Gasteiger partial charge in [0.05, 0.1) is 10.8 Å². The second-order valence-electron chi connectivity index (χ2n) is 5.42. The van der Waals surface area contributed by atoms with Gasteiger partial charge in [0, 0.05) is 12.1 Å². The monoisotopic (exact) mass is 329 g/mol. The molecule has 1 unspecified atom stereocenters. The normalized spacial score (nSPS) is 14.0. The van der Waals surface area contributed by atoms with Gasteiger partial charge in [-0.3, -0.25) is 14.9 Å². The highest BCUT2D eigenvalue weighted by Crippen LogP contribution is 2.33. The Labute approximate surface area is 137 Å². The third-order valence-electron chi connectivity index (χ3n) is 3.85. The fraction of sp³-hybridized carbons (Fsp3) is 0.235. The number of rotatable bonds is 5. The Balaban J connectivity index is 1.84. The van der Waals surface area contributed by atoms with Gasteiger partial charge >= 0.3 is 5.97 Å². The second-order valence-corrected chi connectivity index (χ2v) is 5.42. The SMILES string of the molecule is O=C(O)C(Cc1ccc2c(c1)OCCO2)c1ccc([N+](=O)[O-])cc1. The maximum absolute atomic E-state index is 11.6. The van der Waals surface area contributed by atoms with Crippen LogP contribution in [-0.2, 0) is 11.2 Å². The summed E-state index contributed by atoms with van der Waals surface area (Å²) < 4.78 is 11.0. The Kier molecular flexibility index (Phi) is 4.33. The first kappa shape index (κ1) is 15.8. The molecule has 7 nitrogen and oxygen atoms in total. The number of hydrogen-bond acceptors (Lipinski definition) is 5. The van der Waals surface area contributed by atoms with Crippen LogP contribution in [-0.4, -0.2) is 29.2 Å². The lowest BCUT2D eigenvalue weighted by atomic mass is 9.92. The quantitative estimate of drug-likeness (QED) is 0.669. The van der Waals surface area contributed by atoms with Crippen LogP contribution in [0.3, 0.4) is 0 Å². The molecule has 0 spiro atoms. The van der Waals surface area contributed by atoms with E-state index in [4.69, 9.17) is 9.47 Å². The van der Waals surface area contributed by atoms with Crippen molar-refractivity contribution in [2.75, 3.05) is 13.2 Å². The van der Waals surface area contributed by atoms with E-state index in [0.717, 1.165) is 5.56 Å². The van der Waals surface area contributed by atoms with Gasteiger partial charge in [-0.05, 0) is 29.7 Å². The van der Waals surface area contributed by atoms with E-state index in [1.54, 1.807) is 18.2 Å². The van der Waals surface area contributed by atoms with Crippen LogP contribution in [0.1, 0.15) is 17.0 Å². The molecule has 124 valence electrons. The van der Waals surface area contributed by atoms with E-state index in [9.17, 15) is 20.0 Å². The van der Waals surface area contributed by atoms with Crippen molar-refractivity contribution in [2.24, 2.45) is 0 Å². The van der Waals surface area contributed by atoms with E-state index in [2.05, 4.69) is 0 Å². The molecule has 0 radical (unpaired) electrons. The number of aliphatic carboxylic acids is 1. The van der Waals surface area contributed by atoms with Crippen LogP contribution < -0.4 is 9.47 Å². The number of nitro groups is 1. The largest absolute Gasteiger partial charge is 0.486 e. The van der Waals surface area contributed by atoms with E-state index >= 15 is 0 Å². The third kappa shape index (κ3) is 3.29. The number of fused-ring (bicyclic) bond motifs is 1. The highest BCUT2D eigenvalue weighted by molar-refractivity contribution is 5.76. The smallest absolute Gasteiger partial charge is 0.311 e. The van der Waals surface area contributed by atoms with Crippen molar-refractivity contribution in [3.8, 4) is 11.5 Å². The summed E-state index contributed by atoms with van der Waals surface area (Å²) in [6.45, 7) is 0.952. The summed E-state index contributed by atoms with van der Waals surface area (Å²) in [5.74, 6) is -0.536. The van der Waals surface area contributed by atoms with Crippen molar-refractivity contribution in [3.63, 3.8) is 0 Å². The minimum Gasteiger partial charge on any atom is -0.486 e. The maximum Gasteiger partial charge on any atom is 0.311 e. The number of benzene rings is 2. The summed E-state index contributed by atoms with van der Waals surface area (Å²) in [6, 6.07) is 10.9. The van der Waals surface area contributed by atoms with Gasteiger partial charge < -0.3 is 14.6 Å². The van der Waals surface area contributed by atoms with Gasteiger partial charge in [0.15, 0.2) is 11.5 Å². The Morgan fingerprint density at radius 3 is 2.42 bits per heavy atom. The Hall–Kier alpha value is -3.09. The van der Waals surface area contributed by atoms with Crippen molar-refractivity contribution < 1.29 is 24.3 Å². The number of nitro benzene ring substituents is 1. The predicted molar refractivity (Wildman–Crippen MR) is 84.6 cm³/mol. The molecule has 2 aromatic carbocycles. The third-order valence-corrected chi connectivity index (χ3v) is 3.85. The highest BCUT2D eigenvalue weighted by Gasteiger charge is 2.22. The highest BCUT2D eigenvalue weighted by atomic mass is 16.6. The lowest BCUT2D eigenvalue weighted by Gasteiger charge is -2.20. The van der Waals surface area contributed by atoms with Crippen LogP contribution in [0.25, 0.3) is 0 Å². The first-order valence-corrected chi connectivity index (χ1v) is 7.40. The molecule has 1 atom stereocenters. The molecular formula is C17H15NO6. The van der Waals surface area contributed by atoms with Crippen LogP contribution in [0.2, 0.25) is 0 Å². The second kappa shape index (κ2) is 6.57. The summed E-state index contributed by atoms with van der Waals surface area (Å²) >= 11 is 0. The average Bonchev–Trinajstić information content (AvgIpc) is 2.59. The zero-order valence-corrected chi connectivity index (χ0v) is 12.7. The van der Waals surface area contributed by atoms with Crippen LogP contribution in [0.15, 0.2) is 42.5 Å². The van der Waals surface area contributed by atoms with E-state index in [1.807, 2.05) is 0 Å². The summed E-state index contributed by atoms with van der Waals surface area (Å²) in [5.41, 5.74) is 1.25. The molecule has 0 saturated carbocycles. The molecule has 7 heteroatoms. The van der Waals surface area contributed by atoms with Gasteiger partial charge in [-0.2, -0.15) is 0 Å². The van der Waals surface area contributed by atoms with Crippen molar-refractivity contribution in [1.82, 2.24) is 0 Å². The molecule has 0 amide bonds. The van der Waals surface area contributed by atoms with Gasteiger partial charge in [-0.15, -0.1) is 0 Å². The number of ether oxygens (including phenoxy) is 2. The lowest BCUT2D eigenvalue weighted by Crippen LogP contribution is -2.17. The predicted octanol–water partition coefficient (Wildman–Crippen LogP) is 2.78. The topological polar surface area (TPSA) is 98.9 Å². The van der Waals surface area contributed by atoms with Gasteiger partial charge in [0.25, 0.3) is 5.69 Å². The molecule has 1 N–H and O–H groups in total. The van der Waals surface area contributed by atoms with Gasteiger partial charge in [0.2, 0.25) is 0 Å². The summed E-state index contributed by atoms with van der Waals surface area (Å²) in [7, 11) is 0. The molecule has 24 heavy (non-hydrogen) atoms. The van der Waals surface area contributed by atoms with Crippen molar-refractivity contribution in [3.05, 3.63) is 63.7 Å². The molecule has 1 aliphatic heterocycles. The number of non-ortho nitro benzene ring substituents is 1. The number of carbonyl (C=O) groups is 1. The van der Waals surface area contributed by atoms with Crippen molar-refractivity contribution in [2.45, 2.75) is 12.3 Å². The summed E-state index contributed by atoms with van der Waals surface area (Å²) in [6.07, 6.45) is 0.254. The van der Waals surface area contributed by atoms with Crippen LogP contribution in [0.5, 0.6) is 11.5 Å². The zero-order chi connectivity index (χ0) is 17.1. The molecule has 2 aromatic rings. The fourth-order valence-corrected chi connectivity index (χ4v) is 2.63. The first-order valence-electron chi connectivity index (χ1n) is 7.40. The minimum absolute atomic E-state index is 0.0674. The average molecular weight is 329 g/mol. The molecular weight excluding hydrogens is 314 g/mol. The standard InChI is InChI=1S/C17H15NO6/c19-17(20)14(12-2-4-13(5-3-12)18(21)22)9-11-1-6-15-16(10-11)24-8-7-23-15/h1-6,10,14H,7-9H2,(H,19,20). The molecule has 1 aliphatic rings. The van der Waals surface area contributed by atoms with Gasteiger partial charge in [-0.1, -0.05) is 18.2 Å². The van der Waals surface area contributed by atoms with E-state index in [0.29, 0.717) is 30.3 Å². The lowest BCUT2D eigenvalue weighted by molar-refractivity contribution is -0.384. The van der Waals surface area contributed by atoms with E-state index in [1.165, 1.54) is 24.3 Å². The molecule has 0 bridgehead atoms. The van der Waals surface area contributed by atoms with Crippen LogP contribution in [0.4, 0.5) is 5.69 Å². The Morgan fingerprint density at radius 2 is 1.79 bits per heavy atom. The number of carboxylic acid groups (broad SMARTS) is 1. The summed E-state index contributed by atoms with van der Waals surface area (Å²) in [4.78, 5) is 21.8. The molecule has 0 aliphatic carbocycles. The minimum atomic E-state index is -0.987. The Morgan fingerprint density at radius 1 is 1.12 bits per heavy atom. The fourth-order valence-electron chi connectivity index (χ4n) is 2.63. The summed E-state index contributed by atoms with van der Waals surface area (Å²) in [5, 5.41) is 20.2. The molecule has 0 saturated heterocycles. The van der Waals surface area contributed by atoms with Gasteiger partial charge in [-0.25, -0.2) is 0 Å². The molecule has 0 fully saturated rings. The van der Waals surface area contributed by atoms with Crippen LogP contribution in [0, 0.1) is 10.1 Å². The zero-order valence-electron chi connectivity index (χ0n) is 12.7. The number of hydrogen-bond donors (Lipinski definition) is 1. The number of nitrogens with zero attached hydrogens (tertiary/aromatic N) is 1. The molecule has 1 heterocycles.